The lowest BCUT2D eigenvalue weighted by Crippen LogP contribution is -2.22. The van der Waals surface area contributed by atoms with E-state index in [1.165, 1.54) is 4.88 Å². The van der Waals surface area contributed by atoms with Crippen LogP contribution in [0.4, 0.5) is 5.69 Å². The van der Waals surface area contributed by atoms with Gasteiger partial charge in [-0.1, -0.05) is 0 Å². The Balaban J connectivity index is 1.98. The number of hydrogen-bond acceptors (Lipinski definition) is 4. The number of anilines is 1. The fraction of sp³-hybridized carbons (Fsp3) is 0.286. The molecule has 6 heteroatoms. The predicted octanol–water partition coefficient (Wildman–Crippen LogP) is 2.70. The molecule has 1 aromatic carbocycles. The van der Waals surface area contributed by atoms with Crippen molar-refractivity contribution in [3.8, 4) is 5.75 Å². The Morgan fingerprint density at radius 2 is 2.05 bits per heavy atom. The summed E-state index contributed by atoms with van der Waals surface area (Å²) in [6, 6.07) is 7.51. The van der Waals surface area contributed by atoms with Crippen molar-refractivity contribution in [1.29, 1.82) is 0 Å². The molecule has 0 fully saturated rings. The standard InChI is InChI=1S/C14H18N4OS/c1-9-13(17-10(2)20-9)8-16-14(15)18-11-4-6-12(19-3)7-5-11/h4-7H,8H2,1-3H3,(H3,15,16,18). The molecule has 2 aromatic rings. The van der Waals surface area contributed by atoms with Crippen molar-refractivity contribution in [3.05, 3.63) is 39.8 Å². The first-order valence-corrected chi connectivity index (χ1v) is 7.04. The molecule has 0 atom stereocenters. The van der Waals surface area contributed by atoms with Gasteiger partial charge in [-0.3, -0.25) is 0 Å². The van der Waals surface area contributed by atoms with Crippen molar-refractivity contribution < 1.29 is 4.74 Å². The van der Waals surface area contributed by atoms with Crippen molar-refractivity contribution in [2.24, 2.45) is 10.7 Å². The monoisotopic (exact) mass is 290 g/mol. The molecular formula is C14H18N4OS. The minimum absolute atomic E-state index is 0.375. The maximum Gasteiger partial charge on any atom is 0.193 e. The number of hydrogen-bond donors (Lipinski definition) is 2. The smallest absolute Gasteiger partial charge is 0.193 e. The van der Waals surface area contributed by atoms with Crippen LogP contribution in [0.15, 0.2) is 29.3 Å². The van der Waals surface area contributed by atoms with Crippen LogP contribution in [-0.4, -0.2) is 18.1 Å². The van der Waals surface area contributed by atoms with E-state index in [1.54, 1.807) is 18.4 Å². The van der Waals surface area contributed by atoms with Gasteiger partial charge in [-0.25, -0.2) is 9.98 Å². The van der Waals surface area contributed by atoms with Crippen molar-refractivity contribution in [2.75, 3.05) is 12.4 Å². The van der Waals surface area contributed by atoms with Crippen molar-refractivity contribution in [3.63, 3.8) is 0 Å². The van der Waals surface area contributed by atoms with Gasteiger partial charge < -0.3 is 15.8 Å². The second-order valence-electron chi connectivity index (χ2n) is 4.29. The van der Waals surface area contributed by atoms with Crippen molar-refractivity contribution in [2.45, 2.75) is 20.4 Å². The summed E-state index contributed by atoms with van der Waals surface area (Å²) < 4.78 is 5.10. The SMILES string of the molecule is COc1ccc(NC(N)=NCc2nc(C)sc2C)cc1. The first kappa shape index (κ1) is 14.3. The van der Waals surface area contributed by atoms with Crippen molar-refractivity contribution >= 4 is 23.0 Å². The molecule has 0 spiro atoms. The average molecular weight is 290 g/mol. The van der Waals surface area contributed by atoms with E-state index in [0.717, 1.165) is 22.1 Å². The predicted molar refractivity (Wildman–Crippen MR) is 83.5 cm³/mol. The summed E-state index contributed by atoms with van der Waals surface area (Å²) in [6.07, 6.45) is 0. The van der Waals surface area contributed by atoms with Gasteiger partial charge in [0.05, 0.1) is 24.4 Å². The number of thiazole rings is 1. The molecule has 0 bridgehead atoms. The van der Waals surface area contributed by atoms with E-state index in [4.69, 9.17) is 10.5 Å². The first-order valence-electron chi connectivity index (χ1n) is 6.22. The lowest BCUT2D eigenvalue weighted by Gasteiger charge is -2.06. The molecule has 0 radical (unpaired) electrons. The molecule has 0 aliphatic heterocycles. The Morgan fingerprint density at radius 1 is 1.35 bits per heavy atom. The van der Waals surface area contributed by atoms with Crippen LogP contribution in [0.3, 0.4) is 0 Å². The first-order chi connectivity index (χ1) is 9.58. The third-order valence-electron chi connectivity index (χ3n) is 2.76. The van der Waals surface area contributed by atoms with Gasteiger partial charge in [0, 0.05) is 10.6 Å². The minimum Gasteiger partial charge on any atom is -0.497 e. The van der Waals surface area contributed by atoms with Gasteiger partial charge in [-0.15, -0.1) is 11.3 Å². The third-order valence-corrected chi connectivity index (χ3v) is 3.69. The zero-order valence-corrected chi connectivity index (χ0v) is 12.6. The summed E-state index contributed by atoms with van der Waals surface area (Å²) in [7, 11) is 1.64. The number of aliphatic imine (C=N–C) groups is 1. The molecule has 3 N–H and O–H groups in total. The molecule has 0 saturated heterocycles. The molecule has 0 aliphatic carbocycles. The molecule has 2 rings (SSSR count). The summed E-state index contributed by atoms with van der Waals surface area (Å²) in [5, 5.41) is 4.09. The van der Waals surface area contributed by atoms with Gasteiger partial charge in [0.1, 0.15) is 5.75 Å². The van der Waals surface area contributed by atoms with Crippen LogP contribution in [0.1, 0.15) is 15.6 Å². The fourth-order valence-corrected chi connectivity index (χ4v) is 2.57. The Morgan fingerprint density at radius 3 is 2.60 bits per heavy atom. The Hall–Kier alpha value is -2.08. The summed E-state index contributed by atoms with van der Waals surface area (Å²) >= 11 is 1.67. The van der Waals surface area contributed by atoms with Gasteiger partial charge in [0.25, 0.3) is 0 Å². The number of nitrogens with one attached hydrogen (secondary N) is 1. The molecule has 0 amide bonds. The van der Waals surface area contributed by atoms with E-state index < -0.39 is 0 Å². The maximum atomic E-state index is 5.86. The van der Waals surface area contributed by atoms with Crippen LogP contribution >= 0.6 is 11.3 Å². The van der Waals surface area contributed by atoms with E-state index in [1.807, 2.05) is 38.1 Å². The van der Waals surface area contributed by atoms with E-state index in [9.17, 15) is 0 Å². The van der Waals surface area contributed by atoms with Gasteiger partial charge in [0.2, 0.25) is 0 Å². The highest BCUT2D eigenvalue weighted by Crippen LogP contribution is 2.17. The number of rotatable bonds is 4. The number of nitrogens with two attached hydrogens (primary N) is 1. The van der Waals surface area contributed by atoms with Gasteiger partial charge in [0.15, 0.2) is 5.96 Å². The van der Waals surface area contributed by atoms with Gasteiger partial charge in [-0.2, -0.15) is 0 Å². The summed E-state index contributed by atoms with van der Waals surface area (Å²) in [6.45, 7) is 4.53. The molecule has 20 heavy (non-hydrogen) atoms. The van der Waals surface area contributed by atoms with Crippen LogP contribution in [0, 0.1) is 13.8 Å². The van der Waals surface area contributed by atoms with E-state index >= 15 is 0 Å². The highest BCUT2D eigenvalue weighted by molar-refractivity contribution is 7.11. The lowest BCUT2D eigenvalue weighted by atomic mass is 10.3. The van der Waals surface area contributed by atoms with Crippen LogP contribution in [0.25, 0.3) is 0 Å². The Bertz CT molecular complexity index is 604. The molecule has 5 nitrogen and oxygen atoms in total. The number of aromatic nitrogens is 1. The van der Waals surface area contributed by atoms with E-state index in [0.29, 0.717) is 12.5 Å². The Labute approximate surface area is 122 Å². The van der Waals surface area contributed by atoms with E-state index in [-0.39, 0.29) is 0 Å². The van der Waals surface area contributed by atoms with Crippen LogP contribution in [0.5, 0.6) is 5.75 Å². The molecule has 0 saturated carbocycles. The summed E-state index contributed by atoms with van der Waals surface area (Å²) in [4.78, 5) is 9.91. The van der Waals surface area contributed by atoms with Crippen LogP contribution in [-0.2, 0) is 6.54 Å². The molecule has 0 unspecified atom stereocenters. The fourth-order valence-electron chi connectivity index (χ4n) is 1.74. The molecule has 1 aromatic heterocycles. The van der Waals surface area contributed by atoms with Crippen molar-refractivity contribution in [1.82, 2.24) is 4.98 Å². The normalized spacial score (nSPS) is 11.4. The zero-order chi connectivity index (χ0) is 14.5. The number of aryl methyl sites for hydroxylation is 2. The zero-order valence-electron chi connectivity index (χ0n) is 11.8. The lowest BCUT2D eigenvalue weighted by molar-refractivity contribution is 0.415. The molecule has 106 valence electrons. The number of benzene rings is 1. The number of guanidine groups is 1. The highest BCUT2D eigenvalue weighted by Gasteiger charge is 2.04. The molecule has 0 aliphatic rings. The van der Waals surface area contributed by atoms with Crippen LogP contribution in [0.2, 0.25) is 0 Å². The maximum absolute atomic E-state index is 5.86. The second kappa shape index (κ2) is 6.38. The topological polar surface area (TPSA) is 72.5 Å². The number of methoxy groups -OCH3 is 1. The second-order valence-corrected chi connectivity index (χ2v) is 5.70. The minimum atomic E-state index is 0.375. The van der Waals surface area contributed by atoms with Gasteiger partial charge >= 0.3 is 0 Å². The summed E-state index contributed by atoms with van der Waals surface area (Å²) in [5.74, 6) is 1.18. The highest BCUT2D eigenvalue weighted by atomic mass is 32.1. The summed E-state index contributed by atoms with van der Waals surface area (Å²) in [5.41, 5.74) is 7.72. The molecular weight excluding hydrogens is 272 g/mol. The largest absolute Gasteiger partial charge is 0.497 e. The van der Waals surface area contributed by atoms with Crippen LogP contribution < -0.4 is 15.8 Å². The third kappa shape index (κ3) is 3.71. The Kier molecular flexibility index (Phi) is 4.57. The van der Waals surface area contributed by atoms with E-state index in [2.05, 4.69) is 15.3 Å². The molecule has 1 heterocycles. The number of ether oxygens (including phenoxy) is 1. The quantitative estimate of drug-likeness (QED) is 0.671. The average Bonchev–Trinajstić information content (AvgIpc) is 2.75. The van der Waals surface area contributed by atoms with Gasteiger partial charge in [-0.05, 0) is 38.1 Å². The number of nitrogens with zero attached hydrogens (tertiary/aromatic N) is 2.